The molecule has 2 rings (SSSR count). The smallest absolute Gasteiger partial charge is 0.316 e. The second-order valence-electron chi connectivity index (χ2n) is 5.96. The summed E-state index contributed by atoms with van der Waals surface area (Å²) in [6, 6.07) is 2.11. The summed E-state index contributed by atoms with van der Waals surface area (Å²) in [6.07, 6.45) is 11.6. The SMILES string of the molecule is N#CC(NC(=O)NC1CCCCC1)C1CCCCC1. The summed E-state index contributed by atoms with van der Waals surface area (Å²) in [5, 5.41) is 15.1. The van der Waals surface area contributed by atoms with E-state index in [9.17, 15) is 10.1 Å². The molecule has 19 heavy (non-hydrogen) atoms. The van der Waals surface area contributed by atoms with E-state index in [1.54, 1.807) is 0 Å². The van der Waals surface area contributed by atoms with Crippen LogP contribution in [-0.4, -0.2) is 18.1 Å². The Labute approximate surface area is 115 Å². The number of hydrogen-bond acceptors (Lipinski definition) is 2. The number of rotatable bonds is 3. The number of carbonyl (C=O) groups excluding carboxylic acids is 1. The number of nitrogens with one attached hydrogen (secondary N) is 2. The highest BCUT2D eigenvalue weighted by atomic mass is 16.2. The van der Waals surface area contributed by atoms with Crippen LogP contribution in [0.15, 0.2) is 0 Å². The number of urea groups is 1. The minimum atomic E-state index is -0.316. The Bertz CT molecular complexity index is 325. The maximum absolute atomic E-state index is 11.9. The maximum atomic E-state index is 11.9. The van der Waals surface area contributed by atoms with Gasteiger partial charge in [0, 0.05) is 6.04 Å². The predicted octanol–water partition coefficient (Wildman–Crippen LogP) is 3.09. The molecule has 2 amide bonds. The Balaban J connectivity index is 1.77. The van der Waals surface area contributed by atoms with Crippen molar-refractivity contribution >= 4 is 6.03 Å². The standard InChI is InChI=1S/C15H25N3O/c16-11-14(12-7-3-1-4-8-12)18-15(19)17-13-9-5-2-6-10-13/h12-14H,1-10H2,(H2,17,18,19). The summed E-state index contributed by atoms with van der Waals surface area (Å²) >= 11 is 0. The van der Waals surface area contributed by atoms with E-state index in [1.165, 1.54) is 38.5 Å². The highest BCUT2D eigenvalue weighted by Crippen LogP contribution is 2.26. The van der Waals surface area contributed by atoms with Gasteiger partial charge in [-0.1, -0.05) is 38.5 Å². The number of amides is 2. The molecule has 0 radical (unpaired) electrons. The molecule has 0 saturated heterocycles. The molecule has 0 spiro atoms. The second-order valence-corrected chi connectivity index (χ2v) is 5.96. The Hall–Kier alpha value is -1.24. The quantitative estimate of drug-likeness (QED) is 0.821. The third-order valence-corrected chi connectivity index (χ3v) is 4.49. The Kier molecular flexibility index (Phi) is 5.50. The van der Waals surface area contributed by atoms with Crippen LogP contribution in [0.3, 0.4) is 0 Å². The lowest BCUT2D eigenvalue weighted by atomic mass is 9.84. The van der Waals surface area contributed by atoms with E-state index >= 15 is 0 Å². The van der Waals surface area contributed by atoms with Crippen molar-refractivity contribution in [3.63, 3.8) is 0 Å². The second kappa shape index (κ2) is 7.37. The molecule has 1 atom stereocenters. The molecule has 0 heterocycles. The summed E-state index contributed by atoms with van der Waals surface area (Å²) in [4.78, 5) is 11.9. The van der Waals surface area contributed by atoms with Crippen molar-refractivity contribution in [3.05, 3.63) is 0 Å². The van der Waals surface area contributed by atoms with Crippen LogP contribution in [0.4, 0.5) is 4.79 Å². The van der Waals surface area contributed by atoms with Crippen molar-refractivity contribution in [2.45, 2.75) is 76.3 Å². The minimum absolute atomic E-state index is 0.149. The molecule has 0 aromatic heterocycles. The Morgan fingerprint density at radius 3 is 2.16 bits per heavy atom. The van der Waals surface area contributed by atoms with Crippen molar-refractivity contribution in [1.82, 2.24) is 10.6 Å². The first kappa shape index (κ1) is 14.2. The lowest BCUT2D eigenvalue weighted by Crippen LogP contribution is -2.48. The molecule has 2 aliphatic carbocycles. The van der Waals surface area contributed by atoms with Gasteiger partial charge < -0.3 is 10.6 Å². The first-order valence-electron chi connectivity index (χ1n) is 7.76. The highest BCUT2D eigenvalue weighted by Gasteiger charge is 2.25. The van der Waals surface area contributed by atoms with Crippen molar-refractivity contribution in [2.24, 2.45) is 5.92 Å². The average molecular weight is 263 g/mol. The van der Waals surface area contributed by atoms with Gasteiger partial charge in [0.05, 0.1) is 6.07 Å². The molecule has 0 bridgehead atoms. The molecule has 0 aromatic carbocycles. The summed E-state index contributed by atoms with van der Waals surface area (Å²) in [6.45, 7) is 0. The lowest BCUT2D eigenvalue weighted by Gasteiger charge is -2.28. The maximum Gasteiger partial charge on any atom is 0.316 e. The van der Waals surface area contributed by atoms with E-state index in [0.717, 1.165) is 25.7 Å². The predicted molar refractivity (Wildman–Crippen MR) is 74.5 cm³/mol. The van der Waals surface area contributed by atoms with Crippen LogP contribution in [0.25, 0.3) is 0 Å². The average Bonchev–Trinajstić information content (AvgIpc) is 2.47. The van der Waals surface area contributed by atoms with Crippen molar-refractivity contribution in [1.29, 1.82) is 5.26 Å². The van der Waals surface area contributed by atoms with Gasteiger partial charge in [-0.15, -0.1) is 0 Å². The van der Waals surface area contributed by atoms with Gasteiger partial charge in [0.25, 0.3) is 0 Å². The molecule has 4 nitrogen and oxygen atoms in total. The van der Waals surface area contributed by atoms with Gasteiger partial charge >= 0.3 is 6.03 Å². The van der Waals surface area contributed by atoms with Crippen LogP contribution >= 0.6 is 0 Å². The molecule has 2 fully saturated rings. The van der Waals surface area contributed by atoms with Crippen LogP contribution in [0.2, 0.25) is 0 Å². The van der Waals surface area contributed by atoms with Gasteiger partial charge in [0.2, 0.25) is 0 Å². The third kappa shape index (κ3) is 4.41. The largest absolute Gasteiger partial charge is 0.335 e. The van der Waals surface area contributed by atoms with Gasteiger partial charge in [0.1, 0.15) is 6.04 Å². The van der Waals surface area contributed by atoms with Crippen molar-refractivity contribution in [3.8, 4) is 6.07 Å². The molecule has 0 aromatic rings. The molecule has 2 aliphatic rings. The van der Waals surface area contributed by atoms with Crippen LogP contribution < -0.4 is 10.6 Å². The van der Waals surface area contributed by atoms with Crippen molar-refractivity contribution < 1.29 is 4.79 Å². The summed E-state index contributed by atoms with van der Waals surface area (Å²) in [5.74, 6) is 0.343. The molecule has 1 unspecified atom stereocenters. The minimum Gasteiger partial charge on any atom is -0.335 e. The Morgan fingerprint density at radius 2 is 1.58 bits per heavy atom. The molecule has 106 valence electrons. The lowest BCUT2D eigenvalue weighted by molar-refractivity contribution is 0.222. The fourth-order valence-corrected chi connectivity index (χ4v) is 3.34. The topological polar surface area (TPSA) is 64.9 Å². The molecule has 2 saturated carbocycles. The van der Waals surface area contributed by atoms with Gasteiger partial charge in [-0.2, -0.15) is 5.26 Å². The van der Waals surface area contributed by atoms with Gasteiger partial charge in [0.15, 0.2) is 0 Å². The monoisotopic (exact) mass is 263 g/mol. The van der Waals surface area contributed by atoms with Crippen LogP contribution in [0.5, 0.6) is 0 Å². The molecular weight excluding hydrogens is 238 g/mol. The molecule has 2 N–H and O–H groups in total. The first-order chi connectivity index (χ1) is 9.29. The van der Waals surface area contributed by atoms with E-state index in [0.29, 0.717) is 12.0 Å². The summed E-state index contributed by atoms with van der Waals surface area (Å²) < 4.78 is 0. The van der Waals surface area contributed by atoms with Gasteiger partial charge in [-0.3, -0.25) is 0 Å². The number of hydrogen-bond donors (Lipinski definition) is 2. The van der Waals surface area contributed by atoms with E-state index in [-0.39, 0.29) is 12.1 Å². The fraction of sp³-hybridized carbons (Fsp3) is 0.867. The molecule has 0 aliphatic heterocycles. The highest BCUT2D eigenvalue weighted by molar-refractivity contribution is 5.75. The van der Waals surface area contributed by atoms with Crippen LogP contribution in [0, 0.1) is 17.2 Å². The molecular formula is C15H25N3O. The first-order valence-corrected chi connectivity index (χ1v) is 7.76. The van der Waals surface area contributed by atoms with E-state index in [1.807, 2.05) is 0 Å². The van der Waals surface area contributed by atoms with E-state index < -0.39 is 0 Å². The number of nitrogens with zero attached hydrogens (tertiary/aromatic N) is 1. The summed E-state index contributed by atoms with van der Waals surface area (Å²) in [5.41, 5.74) is 0. The van der Waals surface area contributed by atoms with Crippen LogP contribution in [0.1, 0.15) is 64.2 Å². The van der Waals surface area contributed by atoms with Crippen molar-refractivity contribution in [2.75, 3.05) is 0 Å². The Morgan fingerprint density at radius 1 is 1.00 bits per heavy atom. The summed E-state index contributed by atoms with van der Waals surface area (Å²) in [7, 11) is 0. The number of carbonyl (C=O) groups is 1. The zero-order chi connectivity index (χ0) is 13.5. The van der Waals surface area contributed by atoms with Gasteiger partial charge in [-0.05, 0) is 31.6 Å². The fourth-order valence-electron chi connectivity index (χ4n) is 3.34. The number of nitriles is 1. The van der Waals surface area contributed by atoms with E-state index in [4.69, 9.17) is 0 Å². The van der Waals surface area contributed by atoms with Gasteiger partial charge in [-0.25, -0.2) is 4.79 Å². The zero-order valence-corrected chi connectivity index (χ0v) is 11.7. The van der Waals surface area contributed by atoms with Crippen LogP contribution in [-0.2, 0) is 0 Å². The normalized spacial score (nSPS) is 23.3. The zero-order valence-electron chi connectivity index (χ0n) is 11.7. The molecule has 4 heteroatoms. The third-order valence-electron chi connectivity index (χ3n) is 4.49. The van der Waals surface area contributed by atoms with E-state index in [2.05, 4.69) is 16.7 Å².